The van der Waals surface area contributed by atoms with Crippen LogP contribution >= 0.6 is 0 Å². The van der Waals surface area contributed by atoms with Gasteiger partial charge in [0, 0.05) is 5.56 Å². The van der Waals surface area contributed by atoms with Gasteiger partial charge in [-0.05, 0) is 48.7 Å². The van der Waals surface area contributed by atoms with Crippen LogP contribution in [0.15, 0.2) is 42.5 Å². The van der Waals surface area contributed by atoms with Gasteiger partial charge in [-0.1, -0.05) is 24.3 Å². The lowest BCUT2D eigenvalue weighted by molar-refractivity contribution is -0.148. The van der Waals surface area contributed by atoms with Crippen LogP contribution in [0.2, 0.25) is 0 Å². The molecule has 0 radical (unpaired) electrons. The number of esters is 1. The van der Waals surface area contributed by atoms with Gasteiger partial charge in [0.05, 0.1) is 6.42 Å². The van der Waals surface area contributed by atoms with Crippen molar-refractivity contribution >= 4 is 17.8 Å². The molecule has 0 unspecified atom stereocenters. The number of aryl methyl sites for hydroxylation is 2. The Balaban J connectivity index is 1.49. The Kier molecular flexibility index (Phi) is 5.54. The number of imide groups is 1. The van der Waals surface area contributed by atoms with Crippen molar-refractivity contribution in [2.24, 2.45) is 0 Å². The first-order chi connectivity index (χ1) is 12.9. The minimum Gasteiger partial charge on any atom is -0.490 e. The second-order valence-electron chi connectivity index (χ2n) is 6.51. The number of nitrogens with zero attached hydrogens (tertiary/aromatic N) is 1. The first-order valence-corrected chi connectivity index (χ1v) is 8.73. The SMILES string of the molecule is Cc1cc(C)cc(OCCOC(=O)CN2C(=O)Cc3ccccc3C2=O)c1. The zero-order valence-electron chi connectivity index (χ0n) is 15.4. The van der Waals surface area contributed by atoms with Crippen LogP contribution in [0.1, 0.15) is 27.0 Å². The predicted octanol–water partition coefficient (Wildman–Crippen LogP) is 2.45. The van der Waals surface area contributed by atoms with Crippen molar-refractivity contribution in [2.75, 3.05) is 19.8 Å². The average molecular weight is 367 g/mol. The van der Waals surface area contributed by atoms with Gasteiger partial charge >= 0.3 is 5.97 Å². The smallest absolute Gasteiger partial charge is 0.326 e. The topological polar surface area (TPSA) is 72.9 Å². The van der Waals surface area contributed by atoms with E-state index in [-0.39, 0.29) is 19.6 Å². The lowest BCUT2D eigenvalue weighted by Crippen LogP contribution is -2.45. The quantitative estimate of drug-likeness (QED) is 0.445. The van der Waals surface area contributed by atoms with Crippen molar-refractivity contribution in [3.05, 3.63) is 64.7 Å². The fourth-order valence-electron chi connectivity index (χ4n) is 3.07. The number of hydrogen-bond donors (Lipinski definition) is 0. The van der Waals surface area contributed by atoms with Crippen molar-refractivity contribution < 1.29 is 23.9 Å². The molecule has 2 amide bonds. The van der Waals surface area contributed by atoms with Crippen molar-refractivity contribution in [1.29, 1.82) is 0 Å². The third-order valence-corrected chi connectivity index (χ3v) is 4.23. The van der Waals surface area contributed by atoms with E-state index < -0.39 is 24.3 Å². The number of benzene rings is 2. The normalized spacial score (nSPS) is 13.3. The van der Waals surface area contributed by atoms with Gasteiger partial charge in [0.25, 0.3) is 5.91 Å². The monoisotopic (exact) mass is 367 g/mol. The molecule has 2 aromatic carbocycles. The van der Waals surface area contributed by atoms with E-state index in [0.29, 0.717) is 16.9 Å². The van der Waals surface area contributed by atoms with E-state index in [4.69, 9.17) is 9.47 Å². The Labute approximate surface area is 157 Å². The molecule has 140 valence electrons. The highest BCUT2D eigenvalue weighted by Crippen LogP contribution is 2.19. The highest BCUT2D eigenvalue weighted by atomic mass is 16.6. The summed E-state index contributed by atoms with van der Waals surface area (Å²) < 4.78 is 10.7. The van der Waals surface area contributed by atoms with Crippen LogP contribution in [-0.4, -0.2) is 42.4 Å². The second-order valence-corrected chi connectivity index (χ2v) is 6.51. The van der Waals surface area contributed by atoms with Gasteiger partial charge in [0.1, 0.15) is 25.5 Å². The van der Waals surface area contributed by atoms with Crippen LogP contribution < -0.4 is 4.74 Å². The molecule has 1 heterocycles. The Hall–Kier alpha value is -3.15. The third kappa shape index (κ3) is 4.53. The fraction of sp³-hybridized carbons (Fsp3) is 0.286. The summed E-state index contributed by atoms with van der Waals surface area (Å²) in [6.45, 7) is 3.79. The van der Waals surface area contributed by atoms with Gasteiger partial charge in [-0.15, -0.1) is 0 Å². The zero-order valence-corrected chi connectivity index (χ0v) is 15.4. The summed E-state index contributed by atoms with van der Waals surface area (Å²) in [5.41, 5.74) is 3.30. The van der Waals surface area contributed by atoms with E-state index >= 15 is 0 Å². The molecular weight excluding hydrogens is 346 g/mol. The number of ether oxygens (including phenoxy) is 2. The van der Waals surface area contributed by atoms with E-state index in [1.165, 1.54) is 0 Å². The Morgan fingerprint density at radius 2 is 1.74 bits per heavy atom. The van der Waals surface area contributed by atoms with Crippen LogP contribution in [0.5, 0.6) is 5.75 Å². The molecular formula is C21H21NO5. The number of amides is 2. The standard InChI is InChI=1S/C21H21NO5/c1-14-9-15(2)11-17(10-14)26-7-8-27-20(24)13-22-19(23)12-16-5-3-4-6-18(16)21(22)25/h3-6,9-11H,7-8,12-13H2,1-2H3. The molecule has 1 aliphatic rings. The first-order valence-electron chi connectivity index (χ1n) is 8.73. The Morgan fingerprint density at radius 1 is 1.04 bits per heavy atom. The Bertz CT molecular complexity index is 870. The predicted molar refractivity (Wildman–Crippen MR) is 98.6 cm³/mol. The molecule has 3 rings (SSSR count). The molecule has 27 heavy (non-hydrogen) atoms. The number of fused-ring (bicyclic) bond motifs is 1. The van der Waals surface area contributed by atoms with Crippen LogP contribution in [0.4, 0.5) is 0 Å². The summed E-state index contributed by atoms with van der Waals surface area (Å²) in [4.78, 5) is 37.5. The lowest BCUT2D eigenvalue weighted by atomic mass is 9.98. The maximum Gasteiger partial charge on any atom is 0.326 e. The zero-order chi connectivity index (χ0) is 19.4. The number of carbonyl (C=O) groups is 3. The van der Waals surface area contributed by atoms with Gasteiger partial charge in [-0.25, -0.2) is 0 Å². The molecule has 0 aromatic heterocycles. The largest absolute Gasteiger partial charge is 0.490 e. The molecule has 2 aromatic rings. The Morgan fingerprint density at radius 3 is 2.48 bits per heavy atom. The number of carbonyl (C=O) groups excluding carboxylic acids is 3. The van der Waals surface area contributed by atoms with E-state index in [2.05, 4.69) is 0 Å². The summed E-state index contributed by atoms with van der Waals surface area (Å²) in [5.74, 6) is -0.797. The van der Waals surface area contributed by atoms with Gasteiger partial charge in [-0.3, -0.25) is 19.3 Å². The van der Waals surface area contributed by atoms with Gasteiger partial charge < -0.3 is 9.47 Å². The van der Waals surface area contributed by atoms with Crippen LogP contribution in [-0.2, 0) is 20.7 Å². The summed E-state index contributed by atoms with van der Waals surface area (Å²) in [7, 11) is 0. The molecule has 0 fully saturated rings. The van der Waals surface area contributed by atoms with Crippen LogP contribution in [0, 0.1) is 13.8 Å². The third-order valence-electron chi connectivity index (χ3n) is 4.23. The van der Waals surface area contributed by atoms with Crippen molar-refractivity contribution in [3.8, 4) is 5.75 Å². The molecule has 0 spiro atoms. The maximum absolute atomic E-state index is 12.4. The lowest BCUT2D eigenvalue weighted by Gasteiger charge is -2.25. The second kappa shape index (κ2) is 8.03. The summed E-state index contributed by atoms with van der Waals surface area (Å²) >= 11 is 0. The summed E-state index contributed by atoms with van der Waals surface area (Å²) in [6, 6.07) is 12.7. The number of rotatable bonds is 6. The molecule has 0 saturated heterocycles. The molecule has 6 nitrogen and oxygen atoms in total. The van der Waals surface area contributed by atoms with E-state index in [9.17, 15) is 14.4 Å². The van der Waals surface area contributed by atoms with Crippen molar-refractivity contribution in [1.82, 2.24) is 4.90 Å². The molecule has 6 heteroatoms. The van der Waals surface area contributed by atoms with Crippen LogP contribution in [0.25, 0.3) is 0 Å². The molecule has 0 atom stereocenters. The van der Waals surface area contributed by atoms with Gasteiger partial charge in [-0.2, -0.15) is 0 Å². The fourth-order valence-corrected chi connectivity index (χ4v) is 3.07. The van der Waals surface area contributed by atoms with E-state index in [0.717, 1.165) is 16.0 Å². The molecule has 0 N–H and O–H groups in total. The van der Waals surface area contributed by atoms with E-state index in [1.807, 2.05) is 32.0 Å². The maximum atomic E-state index is 12.4. The highest BCUT2D eigenvalue weighted by molar-refractivity contribution is 6.11. The molecule has 0 saturated carbocycles. The first kappa shape index (κ1) is 18.6. The van der Waals surface area contributed by atoms with E-state index in [1.54, 1.807) is 24.3 Å². The molecule has 0 aliphatic carbocycles. The summed E-state index contributed by atoms with van der Waals surface area (Å²) in [6.07, 6.45) is 0.102. The van der Waals surface area contributed by atoms with Crippen molar-refractivity contribution in [3.63, 3.8) is 0 Å². The minimum atomic E-state index is -0.639. The van der Waals surface area contributed by atoms with Crippen LogP contribution in [0.3, 0.4) is 0 Å². The van der Waals surface area contributed by atoms with Crippen molar-refractivity contribution in [2.45, 2.75) is 20.3 Å². The summed E-state index contributed by atoms with van der Waals surface area (Å²) in [5, 5.41) is 0. The average Bonchev–Trinajstić information content (AvgIpc) is 2.61. The molecule has 0 bridgehead atoms. The minimum absolute atomic E-state index is 0.0403. The van der Waals surface area contributed by atoms with Gasteiger partial charge in [0.15, 0.2) is 0 Å². The highest BCUT2D eigenvalue weighted by Gasteiger charge is 2.32. The van der Waals surface area contributed by atoms with Gasteiger partial charge in [0.2, 0.25) is 5.91 Å². The molecule has 1 aliphatic heterocycles. The number of hydrogen-bond acceptors (Lipinski definition) is 5.